The van der Waals surface area contributed by atoms with Crippen molar-refractivity contribution in [2.45, 2.75) is 32.7 Å². The highest BCUT2D eigenvalue weighted by molar-refractivity contribution is 7.90. The van der Waals surface area contributed by atoms with E-state index in [2.05, 4.69) is 19.2 Å². The molecule has 1 aliphatic rings. The molecule has 1 fully saturated rings. The zero-order chi connectivity index (χ0) is 12.2. The van der Waals surface area contributed by atoms with Gasteiger partial charge in [-0.1, -0.05) is 13.8 Å². The smallest absolute Gasteiger partial charge is 0.148 e. The number of nitrogens with one attached hydrogen (secondary N) is 1. The fourth-order valence-electron chi connectivity index (χ4n) is 2.15. The molecule has 1 aliphatic heterocycles. The lowest BCUT2D eigenvalue weighted by atomic mass is 9.82. The van der Waals surface area contributed by atoms with Crippen molar-refractivity contribution in [1.82, 2.24) is 5.32 Å². The first-order chi connectivity index (χ1) is 7.33. The summed E-state index contributed by atoms with van der Waals surface area (Å²) in [6, 6.07) is 0.388. The molecule has 0 amide bonds. The summed E-state index contributed by atoms with van der Waals surface area (Å²) in [6.45, 7) is 6.27. The molecule has 0 saturated carbocycles. The van der Waals surface area contributed by atoms with Gasteiger partial charge in [0.2, 0.25) is 0 Å². The van der Waals surface area contributed by atoms with Crippen LogP contribution in [0.2, 0.25) is 0 Å². The zero-order valence-corrected chi connectivity index (χ0v) is 11.3. The van der Waals surface area contributed by atoms with Crippen LogP contribution in [0.15, 0.2) is 0 Å². The maximum atomic E-state index is 11.5. The van der Waals surface area contributed by atoms with Gasteiger partial charge in [0.15, 0.2) is 0 Å². The molecule has 5 heteroatoms. The van der Waals surface area contributed by atoms with E-state index in [1.165, 1.54) is 6.26 Å². The predicted octanol–water partition coefficient (Wildman–Crippen LogP) is 0.826. The Balaban J connectivity index is 2.67. The minimum atomic E-state index is -2.93. The normalized spacial score (nSPS) is 21.2. The fourth-order valence-corrected chi connectivity index (χ4v) is 3.66. The van der Waals surface area contributed by atoms with Crippen LogP contribution >= 0.6 is 0 Å². The summed E-state index contributed by atoms with van der Waals surface area (Å²) in [6.07, 6.45) is 2.99. The molecule has 1 rings (SSSR count). The van der Waals surface area contributed by atoms with Crippen molar-refractivity contribution in [3.8, 4) is 0 Å². The highest BCUT2D eigenvalue weighted by atomic mass is 32.2. The van der Waals surface area contributed by atoms with Crippen LogP contribution in [0.4, 0.5) is 0 Å². The lowest BCUT2D eigenvalue weighted by Crippen LogP contribution is -2.45. The van der Waals surface area contributed by atoms with Crippen LogP contribution in [-0.2, 0) is 14.6 Å². The van der Waals surface area contributed by atoms with Crippen molar-refractivity contribution in [2.75, 3.05) is 31.8 Å². The van der Waals surface area contributed by atoms with Crippen LogP contribution in [0.3, 0.4) is 0 Å². The van der Waals surface area contributed by atoms with Gasteiger partial charge < -0.3 is 10.1 Å². The second-order valence-electron chi connectivity index (χ2n) is 5.22. The molecule has 4 nitrogen and oxygen atoms in total. The van der Waals surface area contributed by atoms with Gasteiger partial charge in [-0.15, -0.1) is 0 Å². The minimum absolute atomic E-state index is 0.129. The quantitative estimate of drug-likeness (QED) is 0.784. The lowest BCUT2D eigenvalue weighted by molar-refractivity contribution is 0.0249. The molecule has 1 saturated heterocycles. The van der Waals surface area contributed by atoms with Gasteiger partial charge in [0.1, 0.15) is 9.84 Å². The lowest BCUT2D eigenvalue weighted by Gasteiger charge is -2.37. The van der Waals surface area contributed by atoms with E-state index in [0.29, 0.717) is 19.3 Å². The molecule has 1 heterocycles. The standard InChI is InChI=1S/C11H23NO3S/c1-10(2)12-8-11(9-16(3,13)14)4-6-15-7-5-11/h10,12H,4-9H2,1-3H3. The Hall–Kier alpha value is -0.130. The Morgan fingerprint density at radius 1 is 1.31 bits per heavy atom. The summed E-state index contributed by atoms with van der Waals surface area (Å²) < 4.78 is 28.3. The van der Waals surface area contributed by atoms with Gasteiger partial charge >= 0.3 is 0 Å². The van der Waals surface area contributed by atoms with E-state index in [9.17, 15) is 8.42 Å². The Morgan fingerprint density at radius 2 is 1.88 bits per heavy atom. The molecular weight excluding hydrogens is 226 g/mol. The van der Waals surface area contributed by atoms with Crippen LogP contribution in [0.5, 0.6) is 0 Å². The second kappa shape index (κ2) is 5.47. The van der Waals surface area contributed by atoms with Gasteiger partial charge in [-0.2, -0.15) is 0 Å². The molecule has 0 atom stereocenters. The molecule has 0 bridgehead atoms. The largest absolute Gasteiger partial charge is 0.381 e. The summed E-state index contributed by atoms with van der Waals surface area (Å²) >= 11 is 0. The van der Waals surface area contributed by atoms with E-state index in [-0.39, 0.29) is 11.2 Å². The van der Waals surface area contributed by atoms with Crippen LogP contribution in [0.25, 0.3) is 0 Å². The third kappa shape index (κ3) is 4.80. The van der Waals surface area contributed by atoms with Crippen molar-refractivity contribution in [3.05, 3.63) is 0 Å². The summed E-state index contributed by atoms with van der Waals surface area (Å²) in [5.41, 5.74) is -0.129. The van der Waals surface area contributed by atoms with E-state index in [0.717, 1.165) is 19.4 Å². The Kier molecular flexibility index (Phi) is 4.76. The summed E-state index contributed by atoms with van der Waals surface area (Å²) in [5.74, 6) is 0.267. The first kappa shape index (κ1) is 13.9. The topological polar surface area (TPSA) is 55.4 Å². The van der Waals surface area contributed by atoms with E-state index < -0.39 is 9.84 Å². The third-order valence-electron chi connectivity index (χ3n) is 3.01. The van der Waals surface area contributed by atoms with Crippen molar-refractivity contribution in [2.24, 2.45) is 5.41 Å². The maximum absolute atomic E-state index is 11.5. The van der Waals surface area contributed by atoms with Crippen LogP contribution in [0, 0.1) is 5.41 Å². The molecule has 1 N–H and O–H groups in total. The Labute approximate surface area is 98.7 Å². The Morgan fingerprint density at radius 3 is 2.31 bits per heavy atom. The van der Waals surface area contributed by atoms with E-state index in [4.69, 9.17) is 4.74 Å². The zero-order valence-electron chi connectivity index (χ0n) is 10.5. The molecule has 0 aromatic carbocycles. The van der Waals surface area contributed by atoms with E-state index >= 15 is 0 Å². The molecule has 16 heavy (non-hydrogen) atoms. The molecule has 0 spiro atoms. The minimum Gasteiger partial charge on any atom is -0.381 e. The number of ether oxygens (including phenoxy) is 1. The molecule has 0 aliphatic carbocycles. The molecule has 0 radical (unpaired) electrons. The highest BCUT2D eigenvalue weighted by Gasteiger charge is 2.35. The summed E-state index contributed by atoms with van der Waals surface area (Å²) in [7, 11) is -2.93. The summed E-state index contributed by atoms with van der Waals surface area (Å²) in [4.78, 5) is 0. The maximum Gasteiger partial charge on any atom is 0.148 e. The Bertz CT molecular complexity index is 305. The van der Waals surface area contributed by atoms with E-state index in [1.54, 1.807) is 0 Å². The van der Waals surface area contributed by atoms with Gasteiger partial charge in [-0.05, 0) is 12.8 Å². The van der Waals surface area contributed by atoms with Crippen molar-refractivity contribution in [1.29, 1.82) is 0 Å². The van der Waals surface area contributed by atoms with Crippen molar-refractivity contribution < 1.29 is 13.2 Å². The second-order valence-corrected chi connectivity index (χ2v) is 7.36. The van der Waals surface area contributed by atoms with Crippen molar-refractivity contribution >= 4 is 9.84 Å². The molecule has 0 aromatic heterocycles. The SMILES string of the molecule is CC(C)NCC1(CS(C)(=O)=O)CCOCC1. The molecular formula is C11H23NO3S. The monoisotopic (exact) mass is 249 g/mol. The summed E-state index contributed by atoms with van der Waals surface area (Å²) in [5, 5.41) is 3.36. The van der Waals surface area contributed by atoms with Gasteiger partial charge in [0.05, 0.1) is 5.75 Å². The van der Waals surface area contributed by atoms with Crippen LogP contribution in [-0.4, -0.2) is 46.2 Å². The van der Waals surface area contributed by atoms with Crippen LogP contribution < -0.4 is 5.32 Å². The molecule has 0 aromatic rings. The van der Waals surface area contributed by atoms with Crippen LogP contribution in [0.1, 0.15) is 26.7 Å². The first-order valence-electron chi connectivity index (χ1n) is 5.82. The first-order valence-corrected chi connectivity index (χ1v) is 7.88. The van der Waals surface area contributed by atoms with Gasteiger partial charge in [-0.25, -0.2) is 8.42 Å². The highest BCUT2D eigenvalue weighted by Crippen LogP contribution is 2.31. The molecule has 0 unspecified atom stereocenters. The number of rotatable bonds is 5. The third-order valence-corrected chi connectivity index (χ3v) is 4.14. The van der Waals surface area contributed by atoms with Gasteiger partial charge in [-0.3, -0.25) is 0 Å². The van der Waals surface area contributed by atoms with Gasteiger partial charge in [0, 0.05) is 37.5 Å². The molecule has 96 valence electrons. The number of hydrogen-bond acceptors (Lipinski definition) is 4. The fraction of sp³-hybridized carbons (Fsp3) is 1.00. The van der Waals surface area contributed by atoms with Gasteiger partial charge in [0.25, 0.3) is 0 Å². The predicted molar refractivity (Wildman–Crippen MR) is 65.3 cm³/mol. The number of sulfone groups is 1. The average Bonchev–Trinajstić information content (AvgIpc) is 2.14. The average molecular weight is 249 g/mol. The number of hydrogen-bond donors (Lipinski definition) is 1. The van der Waals surface area contributed by atoms with Crippen molar-refractivity contribution in [3.63, 3.8) is 0 Å². The van der Waals surface area contributed by atoms with E-state index in [1.807, 2.05) is 0 Å².